The Balaban J connectivity index is 1.47. The first kappa shape index (κ1) is 26.2. The van der Waals surface area contributed by atoms with Crippen molar-refractivity contribution in [2.75, 3.05) is 23.3 Å². The highest BCUT2D eigenvalue weighted by Crippen LogP contribution is 2.30. The van der Waals surface area contributed by atoms with Gasteiger partial charge in [0.05, 0.1) is 35.4 Å². The van der Waals surface area contributed by atoms with Crippen molar-refractivity contribution in [3.63, 3.8) is 0 Å². The van der Waals surface area contributed by atoms with Gasteiger partial charge in [-0.2, -0.15) is 0 Å². The minimum atomic E-state index is -0.714. The van der Waals surface area contributed by atoms with Crippen molar-refractivity contribution in [2.45, 2.75) is 52.3 Å². The fraction of sp³-hybridized carbons (Fsp3) is 0.407. The van der Waals surface area contributed by atoms with Crippen LogP contribution in [0.15, 0.2) is 48.9 Å². The minimum absolute atomic E-state index is 0.0118. The van der Waals surface area contributed by atoms with Gasteiger partial charge in [0, 0.05) is 31.5 Å². The summed E-state index contributed by atoms with van der Waals surface area (Å²) in [6.07, 6.45) is 5.35. The maximum atomic E-state index is 14.2. The zero-order chi connectivity index (χ0) is 26.6. The average molecular weight is 511 g/mol. The van der Waals surface area contributed by atoms with Crippen molar-refractivity contribution in [1.29, 1.82) is 0 Å². The topological polar surface area (TPSA) is 92.3 Å². The molecule has 2 atom stereocenters. The van der Waals surface area contributed by atoms with E-state index in [-0.39, 0.29) is 17.4 Å². The zero-order valence-corrected chi connectivity index (χ0v) is 21.5. The van der Waals surface area contributed by atoms with Crippen molar-refractivity contribution < 1.29 is 18.3 Å². The van der Waals surface area contributed by atoms with Gasteiger partial charge in [0.15, 0.2) is 5.82 Å². The van der Waals surface area contributed by atoms with Gasteiger partial charge in [0.25, 0.3) is 0 Å². The second-order valence-corrected chi connectivity index (χ2v) is 10.3. The van der Waals surface area contributed by atoms with Crippen molar-refractivity contribution in [1.82, 2.24) is 20.3 Å². The van der Waals surface area contributed by atoms with Crippen LogP contribution in [0.25, 0.3) is 11.4 Å². The number of hydrogen-bond acceptors (Lipinski definition) is 7. The third kappa shape index (κ3) is 6.90. The molecule has 0 aliphatic carbocycles. The molecule has 0 bridgehead atoms. The molecule has 3 heterocycles. The molecule has 2 N–H and O–H groups in total. The molecule has 1 aromatic carbocycles. The Kier molecular flexibility index (Phi) is 7.85. The number of piperidine rings is 1. The number of benzene rings is 1. The Morgan fingerprint density at radius 1 is 1.14 bits per heavy atom. The molecule has 4 rings (SSSR count). The van der Waals surface area contributed by atoms with Crippen LogP contribution in [0.4, 0.5) is 25.0 Å². The normalized spacial score (nSPS) is 17.8. The third-order valence-corrected chi connectivity index (χ3v) is 5.88. The number of ether oxygens (including phenoxy) is 1. The number of nitrogens with zero attached hydrogens (tertiary/aromatic N) is 4. The molecule has 1 amide bonds. The lowest BCUT2D eigenvalue weighted by Gasteiger charge is -2.39. The van der Waals surface area contributed by atoms with Crippen LogP contribution in [0, 0.1) is 17.6 Å². The van der Waals surface area contributed by atoms with Gasteiger partial charge in [-0.3, -0.25) is 4.98 Å². The summed E-state index contributed by atoms with van der Waals surface area (Å²) < 4.78 is 33.9. The van der Waals surface area contributed by atoms with Gasteiger partial charge in [0.2, 0.25) is 0 Å². The summed E-state index contributed by atoms with van der Waals surface area (Å²) in [5.41, 5.74) is 1.47. The van der Waals surface area contributed by atoms with Crippen LogP contribution in [-0.2, 0) is 11.3 Å². The predicted octanol–water partition coefficient (Wildman–Crippen LogP) is 5.17. The number of carbonyl (C=O) groups excluding carboxylic acids is 1. The molecule has 1 fully saturated rings. The SMILES string of the molecule is C[C@@H]1C[C@H](NC(=O)OC(C)(C)C)CN(c2ccncc2NCc2ccnc(-c3c(F)cccc3F)n2)C1. The van der Waals surface area contributed by atoms with Crippen LogP contribution in [-0.4, -0.2) is 45.8 Å². The summed E-state index contributed by atoms with van der Waals surface area (Å²) in [6, 6.07) is 7.21. The van der Waals surface area contributed by atoms with Gasteiger partial charge >= 0.3 is 6.09 Å². The fourth-order valence-corrected chi connectivity index (χ4v) is 4.44. The molecule has 196 valence electrons. The van der Waals surface area contributed by atoms with Gasteiger partial charge in [-0.25, -0.2) is 23.5 Å². The predicted molar refractivity (Wildman–Crippen MR) is 138 cm³/mol. The molecule has 0 unspecified atom stereocenters. The monoisotopic (exact) mass is 510 g/mol. The van der Waals surface area contributed by atoms with Crippen LogP contribution in [0.1, 0.15) is 39.8 Å². The van der Waals surface area contributed by atoms with Crippen LogP contribution in [0.2, 0.25) is 0 Å². The molecule has 1 aliphatic rings. The molecule has 1 saturated heterocycles. The van der Waals surface area contributed by atoms with Crippen LogP contribution < -0.4 is 15.5 Å². The summed E-state index contributed by atoms with van der Waals surface area (Å²) in [7, 11) is 0. The second kappa shape index (κ2) is 11.1. The first-order chi connectivity index (χ1) is 17.6. The molecule has 2 aromatic heterocycles. The fourth-order valence-electron chi connectivity index (χ4n) is 4.44. The number of halogens is 2. The van der Waals surface area contributed by atoms with Gasteiger partial charge in [-0.1, -0.05) is 13.0 Å². The number of anilines is 2. The van der Waals surface area contributed by atoms with E-state index in [2.05, 4.69) is 37.4 Å². The maximum Gasteiger partial charge on any atom is 0.407 e. The molecule has 1 aliphatic heterocycles. The molecular weight excluding hydrogens is 478 g/mol. The van der Waals surface area contributed by atoms with E-state index in [1.165, 1.54) is 24.4 Å². The number of rotatable bonds is 6. The van der Waals surface area contributed by atoms with Gasteiger partial charge in [-0.15, -0.1) is 0 Å². The summed E-state index contributed by atoms with van der Waals surface area (Å²) >= 11 is 0. The first-order valence-corrected chi connectivity index (χ1v) is 12.3. The summed E-state index contributed by atoms with van der Waals surface area (Å²) in [6.45, 7) is 9.39. The number of alkyl carbamates (subject to hydrolysis) is 1. The minimum Gasteiger partial charge on any atom is -0.444 e. The van der Waals surface area contributed by atoms with E-state index >= 15 is 0 Å². The van der Waals surface area contributed by atoms with E-state index in [0.29, 0.717) is 24.7 Å². The van der Waals surface area contributed by atoms with Crippen molar-refractivity contribution >= 4 is 17.5 Å². The second-order valence-electron chi connectivity index (χ2n) is 10.3. The highest BCUT2D eigenvalue weighted by Gasteiger charge is 2.29. The lowest BCUT2D eigenvalue weighted by atomic mass is 9.95. The molecule has 0 saturated carbocycles. The Bertz CT molecular complexity index is 1230. The van der Waals surface area contributed by atoms with Crippen molar-refractivity contribution in [3.8, 4) is 11.4 Å². The number of nitrogens with one attached hydrogen (secondary N) is 2. The van der Waals surface area contributed by atoms with Gasteiger partial charge < -0.3 is 20.3 Å². The number of aromatic nitrogens is 3. The third-order valence-electron chi connectivity index (χ3n) is 5.88. The van der Waals surface area contributed by atoms with Crippen LogP contribution in [0.5, 0.6) is 0 Å². The Labute approximate surface area is 215 Å². The summed E-state index contributed by atoms with van der Waals surface area (Å²) in [4.78, 5) is 27.2. The first-order valence-electron chi connectivity index (χ1n) is 12.3. The summed E-state index contributed by atoms with van der Waals surface area (Å²) in [5.74, 6) is -1.10. The lowest BCUT2D eigenvalue weighted by Crippen LogP contribution is -2.51. The highest BCUT2D eigenvalue weighted by molar-refractivity contribution is 5.70. The molecule has 0 spiro atoms. The molecule has 37 heavy (non-hydrogen) atoms. The van der Waals surface area contributed by atoms with E-state index < -0.39 is 23.3 Å². The average Bonchev–Trinajstić information content (AvgIpc) is 2.81. The Morgan fingerprint density at radius 3 is 2.62 bits per heavy atom. The quantitative estimate of drug-likeness (QED) is 0.473. The largest absolute Gasteiger partial charge is 0.444 e. The van der Waals surface area contributed by atoms with E-state index in [9.17, 15) is 13.6 Å². The van der Waals surface area contributed by atoms with E-state index in [4.69, 9.17) is 4.74 Å². The van der Waals surface area contributed by atoms with Crippen molar-refractivity contribution in [3.05, 3.63) is 66.3 Å². The Hall–Kier alpha value is -3.82. The standard InChI is InChI=1S/C27H32F2N6O2/c1-17-12-19(34-26(36)37-27(2,3)4)16-35(15-17)23-9-10-30-14-22(23)32-13-18-8-11-31-25(33-18)24-20(28)6-5-7-21(24)29/h5-11,14,17,19,32H,12-13,15-16H2,1-4H3,(H,34,36)/t17-,19+/m1/s1. The van der Waals surface area contributed by atoms with Gasteiger partial charge in [0.1, 0.15) is 17.2 Å². The molecule has 0 radical (unpaired) electrons. The number of carbonyl (C=O) groups is 1. The number of pyridine rings is 1. The van der Waals surface area contributed by atoms with Crippen LogP contribution in [0.3, 0.4) is 0 Å². The molecule has 10 heteroatoms. The van der Waals surface area contributed by atoms with Crippen molar-refractivity contribution in [2.24, 2.45) is 5.92 Å². The van der Waals surface area contributed by atoms with Crippen LogP contribution >= 0.6 is 0 Å². The molecule has 3 aromatic rings. The van der Waals surface area contributed by atoms with E-state index in [1.54, 1.807) is 18.5 Å². The zero-order valence-electron chi connectivity index (χ0n) is 21.5. The van der Waals surface area contributed by atoms with E-state index in [0.717, 1.165) is 24.3 Å². The highest BCUT2D eigenvalue weighted by atomic mass is 19.1. The summed E-state index contributed by atoms with van der Waals surface area (Å²) in [5, 5.41) is 6.34. The smallest absolute Gasteiger partial charge is 0.407 e. The number of hydrogen-bond donors (Lipinski definition) is 2. The molecular formula is C27H32F2N6O2. The Morgan fingerprint density at radius 2 is 1.89 bits per heavy atom. The maximum absolute atomic E-state index is 14.2. The number of amides is 1. The molecule has 8 nitrogen and oxygen atoms in total. The lowest BCUT2D eigenvalue weighted by molar-refractivity contribution is 0.0495. The van der Waals surface area contributed by atoms with Gasteiger partial charge in [-0.05, 0) is 57.4 Å². The van der Waals surface area contributed by atoms with E-state index in [1.807, 2.05) is 26.8 Å².